The van der Waals surface area contributed by atoms with Crippen LogP contribution in [-0.4, -0.2) is 75.2 Å². The zero-order valence-corrected chi connectivity index (χ0v) is 25.2. The average molecular weight is 615 g/mol. The van der Waals surface area contributed by atoms with E-state index in [9.17, 15) is 14.3 Å². The van der Waals surface area contributed by atoms with Gasteiger partial charge in [-0.05, 0) is 61.4 Å². The van der Waals surface area contributed by atoms with Crippen molar-refractivity contribution in [1.82, 2.24) is 24.6 Å². The molecule has 0 spiro atoms. The van der Waals surface area contributed by atoms with Crippen LogP contribution >= 0.6 is 11.3 Å². The van der Waals surface area contributed by atoms with Crippen LogP contribution in [0, 0.1) is 18.6 Å². The number of carbonyl (C=O) groups excluding carboxylic acids is 1. The van der Waals surface area contributed by atoms with Gasteiger partial charge in [-0.1, -0.05) is 13.0 Å². The maximum atomic E-state index is 16.2. The van der Waals surface area contributed by atoms with Crippen LogP contribution in [0.4, 0.5) is 14.5 Å². The smallest absolute Gasteiger partial charge is 0.234 e. The number of rotatable bonds is 8. The monoisotopic (exact) mass is 614 g/mol. The van der Waals surface area contributed by atoms with Gasteiger partial charge in [-0.3, -0.25) is 14.1 Å². The molecule has 0 unspecified atom stereocenters. The van der Waals surface area contributed by atoms with Gasteiger partial charge in [0.05, 0.1) is 41.5 Å². The summed E-state index contributed by atoms with van der Waals surface area (Å²) in [4.78, 5) is 26.0. The van der Waals surface area contributed by atoms with Gasteiger partial charge in [-0.25, -0.2) is 18.7 Å². The Balaban J connectivity index is 1.13. The molecule has 226 valence electrons. The third kappa shape index (κ3) is 5.25. The summed E-state index contributed by atoms with van der Waals surface area (Å²) in [6.07, 6.45) is 2.31. The molecule has 0 aliphatic carbocycles. The molecule has 7 rings (SSSR count). The van der Waals surface area contributed by atoms with E-state index >= 15 is 4.39 Å². The molecule has 2 N–H and O–H groups in total. The SMILES string of the molecule is CCc1nc2ccc(N3CC(NC(=O)CN4CC(O)C4)C3)cn2c1-c1ccc(-c2nc(-c3ccc(F)cc3)cs2)c(C)c1F. The molecule has 2 aliphatic rings. The minimum Gasteiger partial charge on any atom is -0.390 e. The summed E-state index contributed by atoms with van der Waals surface area (Å²) in [5, 5.41) is 15.1. The Kier molecular flexibility index (Phi) is 7.39. The first kappa shape index (κ1) is 28.6. The molecule has 0 bridgehead atoms. The van der Waals surface area contributed by atoms with Crippen molar-refractivity contribution < 1.29 is 18.7 Å². The van der Waals surface area contributed by atoms with E-state index in [4.69, 9.17) is 9.97 Å². The van der Waals surface area contributed by atoms with E-state index < -0.39 is 0 Å². The van der Waals surface area contributed by atoms with Crippen molar-refractivity contribution in [2.24, 2.45) is 0 Å². The number of likely N-dealkylation sites (tertiary alicyclic amines) is 1. The number of aromatic nitrogens is 3. The Morgan fingerprint density at radius 1 is 1.02 bits per heavy atom. The second-order valence-electron chi connectivity index (χ2n) is 11.5. The number of anilines is 1. The number of hydrogen-bond acceptors (Lipinski definition) is 7. The molecule has 44 heavy (non-hydrogen) atoms. The van der Waals surface area contributed by atoms with E-state index in [0.717, 1.165) is 39.5 Å². The van der Waals surface area contributed by atoms with Crippen molar-refractivity contribution in [3.63, 3.8) is 0 Å². The normalized spacial score (nSPS) is 15.9. The number of halogens is 2. The standard InChI is InChI=1S/C33H32F2N6O2S/c1-3-27-32(26-10-9-25(19(2)31(26)35)33-38-28(18-44-33)20-4-6-21(34)7-5-20)41-14-23(8-11-29(41)37-27)40-12-22(13-40)36-30(43)17-39-15-24(42)16-39/h4-11,14,18,22,24,42H,3,12-13,15-17H2,1-2H3,(H,36,43). The van der Waals surface area contributed by atoms with E-state index in [2.05, 4.69) is 10.2 Å². The van der Waals surface area contributed by atoms with Crippen LogP contribution in [-0.2, 0) is 11.2 Å². The molecule has 2 aliphatic heterocycles. The third-order valence-electron chi connectivity index (χ3n) is 8.44. The second-order valence-corrected chi connectivity index (χ2v) is 12.4. The second kappa shape index (κ2) is 11.4. The zero-order chi connectivity index (χ0) is 30.5. The summed E-state index contributed by atoms with van der Waals surface area (Å²) in [6, 6.07) is 13.9. The maximum absolute atomic E-state index is 16.2. The number of fused-ring (bicyclic) bond motifs is 1. The van der Waals surface area contributed by atoms with Gasteiger partial charge in [0.25, 0.3) is 0 Å². The van der Waals surface area contributed by atoms with Gasteiger partial charge in [0.15, 0.2) is 0 Å². The number of pyridine rings is 1. The van der Waals surface area contributed by atoms with Crippen molar-refractivity contribution in [2.45, 2.75) is 32.4 Å². The number of amides is 1. The van der Waals surface area contributed by atoms with Crippen molar-refractivity contribution in [1.29, 1.82) is 0 Å². The highest BCUT2D eigenvalue weighted by atomic mass is 32.1. The molecular weight excluding hydrogens is 582 g/mol. The van der Waals surface area contributed by atoms with Crippen LogP contribution < -0.4 is 10.2 Å². The van der Waals surface area contributed by atoms with Crippen LogP contribution in [0.1, 0.15) is 18.2 Å². The molecule has 0 atom stereocenters. The number of nitrogens with one attached hydrogen (secondary N) is 1. The Bertz CT molecular complexity index is 1860. The van der Waals surface area contributed by atoms with Crippen molar-refractivity contribution >= 4 is 28.6 Å². The van der Waals surface area contributed by atoms with E-state index in [1.807, 2.05) is 46.0 Å². The van der Waals surface area contributed by atoms with Crippen LogP contribution in [0.2, 0.25) is 0 Å². The fourth-order valence-corrected chi connectivity index (χ4v) is 6.89. The largest absolute Gasteiger partial charge is 0.390 e. The van der Waals surface area contributed by atoms with Gasteiger partial charge in [0.2, 0.25) is 5.91 Å². The van der Waals surface area contributed by atoms with E-state index in [1.165, 1.54) is 23.5 Å². The molecule has 5 aromatic rings. The third-order valence-corrected chi connectivity index (χ3v) is 9.32. The highest BCUT2D eigenvalue weighted by Crippen LogP contribution is 2.37. The van der Waals surface area contributed by atoms with Crippen molar-refractivity contribution in [3.05, 3.63) is 83.0 Å². The summed E-state index contributed by atoms with van der Waals surface area (Å²) in [5.41, 5.74) is 6.48. The molecule has 0 radical (unpaired) electrons. The Labute approximate surface area is 257 Å². The summed E-state index contributed by atoms with van der Waals surface area (Å²) in [7, 11) is 0. The number of β-amino-alcohol motifs (C(OH)–C–C–N with tert-alkyl or cyclic N) is 1. The summed E-state index contributed by atoms with van der Waals surface area (Å²) >= 11 is 1.43. The molecule has 3 aromatic heterocycles. The van der Waals surface area contributed by atoms with E-state index in [-0.39, 0.29) is 29.7 Å². The number of aryl methyl sites for hydroxylation is 1. The molecule has 2 saturated heterocycles. The molecule has 11 heteroatoms. The van der Waals surface area contributed by atoms with Gasteiger partial charge >= 0.3 is 0 Å². The number of hydrogen-bond donors (Lipinski definition) is 2. The minimum absolute atomic E-state index is 0.0276. The predicted octanol–water partition coefficient (Wildman–Crippen LogP) is 4.92. The van der Waals surface area contributed by atoms with Crippen LogP contribution in [0.3, 0.4) is 0 Å². The Hall–Kier alpha value is -4.19. The highest BCUT2D eigenvalue weighted by Gasteiger charge is 2.31. The number of benzene rings is 2. The van der Waals surface area contributed by atoms with Crippen molar-refractivity contribution in [3.8, 4) is 33.1 Å². The number of carbonyl (C=O) groups is 1. The van der Waals surface area contributed by atoms with E-state index in [1.54, 1.807) is 25.1 Å². The maximum Gasteiger partial charge on any atom is 0.234 e. The van der Waals surface area contributed by atoms with Gasteiger partial charge in [-0.2, -0.15) is 0 Å². The van der Waals surface area contributed by atoms with Gasteiger partial charge < -0.3 is 15.3 Å². The molecule has 2 aromatic carbocycles. The summed E-state index contributed by atoms with van der Waals surface area (Å²) in [5.74, 6) is -0.647. The van der Waals surface area contributed by atoms with Crippen molar-refractivity contribution in [2.75, 3.05) is 37.6 Å². The molecular formula is C33H32F2N6O2S. The van der Waals surface area contributed by atoms with Gasteiger partial charge in [0, 0.05) is 54.4 Å². The lowest BCUT2D eigenvalue weighted by Gasteiger charge is -2.42. The predicted molar refractivity (Wildman–Crippen MR) is 168 cm³/mol. The number of aliphatic hydroxyl groups is 1. The summed E-state index contributed by atoms with van der Waals surface area (Å²) < 4.78 is 31.5. The molecule has 8 nitrogen and oxygen atoms in total. The number of aliphatic hydroxyl groups excluding tert-OH is 1. The first-order valence-corrected chi connectivity index (χ1v) is 15.6. The number of nitrogens with zero attached hydrogens (tertiary/aromatic N) is 5. The van der Waals surface area contributed by atoms with Crippen LogP contribution in [0.15, 0.2) is 60.1 Å². The quantitative estimate of drug-likeness (QED) is 0.258. The fraction of sp³-hybridized carbons (Fsp3) is 0.303. The number of imidazole rings is 1. The Morgan fingerprint density at radius 3 is 2.50 bits per heavy atom. The van der Waals surface area contributed by atoms with E-state index in [0.29, 0.717) is 55.3 Å². The number of thiazole rings is 1. The topological polar surface area (TPSA) is 86.0 Å². The first-order valence-electron chi connectivity index (χ1n) is 14.7. The summed E-state index contributed by atoms with van der Waals surface area (Å²) in [6.45, 7) is 6.54. The van der Waals surface area contributed by atoms with Gasteiger partial charge in [-0.15, -0.1) is 11.3 Å². The Morgan fingerprint density at radius 2 is 1.77 bits per heavy atom. The first-order chi connectivity index (χ1) is 21.3. The lowest BCUT2D eigenvalue weighted by atomic mass is 10.0. The molecule has 0 saturated carbocycles. The molecule has 2 fully saturated rings. The highest BCUT2D eigenvalue weighted by molar-refractivity contribution is 7.13. The zero-order valence-electron chi connectivity index (χ0n) is 24.4. The average Bonchev–Trinajstić information content (AvgIpc) is 3.61. The van der Waals surface area contributed by atoms with Gasteiger partial charge in [0.1, 0.15) is 22.3 Å². The van der Waals surface area contributed by atoms with Crippen LogP contribution in [0.25, 0.3) is 38.7 Å². The minimum atomic E-state index is -0.325. The van der Waals surface area contributed by atoms with Crippen LogP contribution in [0.5, 0.6) is 0 Å². The fourth-order valence-electron chi connectivity index (χ4n) is 5.98. The lowest BCUT2D eigenvalue weighted by molar-refractivity contribution is -0.125. The molecule has 1 amide bonds. The lowest BCUT2D eigenvalue weighted by Crippen LogP contribution is -2.62. The molecule has 5 heterocycles.